The minimum Gasteiger partial charge on any atom is -0.368 e. The Hall–Kier alpha value is -0.0800. The number of hydrogen-bond acceptors (Lipinski definition) is 2. The zero-order chi connectivity index (χ0) is 9.84. The molecule has 78 valence electrons. The molecule has 0 aromatic rings. The fourth-order valence-corrected chi connectivity index (χ4v) is 2.46. The third kappa shape index (κ3) is 3.65. The molecule has 0 aliphatic heterocycles. The van der Waals surface area contributed by atoms with Crippen LogP contribution in [0.5, 0.6) is 0 Å². The van der Waals surface area contributed by atoms with Crippen LogP contribution < -0.4 is 0 Å². The maximum atomic E-state index is 8.92. The smallest absolute Gasteiger partial charge is 0.151 e. The van der Waals surface area contributed by atoms with Gasteiger partial charge in [-0.1, -0.05) is 13.8 Å². The second-order valence-electron chi connectivity index (χ2n) is 4.57. The van der Waals surface area contributed by atoms with Crippen LogP contribution >= 0.6 is 0 Å². The van der Waals surface area contributed by atoms with Crippen LogP contribution in [0.1, 0.15) is 40.0 Å². The molecule has 0 bridgehead atoms. The molecule has 4 unspecified atom stereocenters. The van der Waals surface area contributed by atoms with Gasteiger partial charge >= 0.3 is 0 Å². The summed E-state index contributed by atoms with van der Waals surface area (Å²) < 4.78 is 5.14. The van der Waals surface area contributed by atoms with Crippen molar-refractivity contribution in [2.45, 2.75) is 46.3 Å². The van der Waals surface area contributed by atoms with Gasteiger partial charge in [0.05, 0.1) is 0 Å². The van der Waals surface area contributed by atoms with Crippen molar-refractivity contribution in [1.82, 2.24) is 0 Å². The van der Waals surface area contributed by atoms with Gasteiger partial charge in [0.15, 0.2) is 6.29 Å². The first-order valence-corrected chi connectivity index (χ1v) is 5.39. The molecule has 4 atom stereocenters. The Balaban J connectivity index is 2.14. The van der Waals surface area contributed by atoms with Gasteiger partial charge in [-0.3, -0.25) is 0 Å². The lowest BCUT2D eigenvalue weighted by Crippen LogP contribution is -2.12. The predicted molar refractivity (Wildman–Crippen MR) is 53.3 cm³/mol. The first kappa shape index (κ1) is 11.0. The molecule has 0 heterocycles. The predicted octanol–water partition coefficient (Wildman–Crippen LogP) is 2.41. The van der Waals surface area contributed by atoms with Crippen LogP contribution in [0.3, 0.4) is 0 Å². The van der Waals surface area contributed by atoms with Crippen molar-refractivity contribution in [1.29, 1.82) is 0 Å². The highest BCUT2D eigenvalue weighted by Gasteiger charge is 2.28. The van der Waals surface area contributed by atoms with E-state index in [0.29, 0.717) is 6.61 Å². The minimum atomic E-state index is -0.603. The van der Waals surface area contributed by atoms with Crippen molar-refractivity contribution >= 4 is 0 Å². The van der Waals surface area contributed by atoms with Gasteiger partial charge in [-0.15, -0.1) is 0 Å². The Labute approximate surface area is 81.3 Å². The van der Waals surface area contributed by atoms with E-state index in [1.54, 1.807) is 6.92 Å². The van der Waals surface area contributed by atoms with E-state index < -0.39 is 6.29 Å². The molecular formula is C11H22O2. The molecule has 1 fully saturated rings. The lowest BCUT2D eigenvalue weighted by Gasteiger charge is -2.15. The number of aliphatic hydroxyl groups is 1. The molecule has 1 aliphatic carbocycles. The quantitative estimate of drug-likeness (QED) is 0.683. The number of ether oxygens (including phenoxy) is 1. The van der Waals surface area contributed by atoms with E-state index in [1.807, 2.05) is 0 Å². The third-order valence-corrected chi connectivity index (χ3v) is 3.13. The molecule has 0 spiro atoms. The second kappa shape index (κ2) is 4.97. The van der Waals surface area contributed by atoms with Crippen LogP contribution in [0.2, 0.25) is 0 Å². The van der Waals surface area contributed by atoms with E-state index >= 15 is 0 Å². The van der Waals surface area contributed by atoms with Crippen molar-refractivity contribution in [2.24, 2.45) is 17.8 Å². The van der Waals surface area contributed by atoms with Crippen LogP contribution in [0.25, 0.3) is 0 Å². The summed E-state index contributed by atoms with van der Waals surface area (Å²) in [6, 6.07) is 0. The van der Waals surface area contributed by atoms with Crippen LogP contribution in [0.4, 0.5) is 0 Å². The van der Waals surface area contributed by atoms with E-state index in [0.717, 1.165) is 24.2 Å². The Morgan fingerprint density at radius 3 is 2.54 bits per heavy atom. The molecular weight excluding hydrogens is 164 g/mol. The Morgan fingerprint density at radius 2 is 2.08 bits per heavy atom. The summed E-state index contributed by atoms with van der Waals surface area (Å²) in [5, 5.41) is 8.92. The zero-order valence-corrected chi connectivity index (χ0v) is 8.99. The monoisotopic (exact) mass is 186 g/mol. The van der Waals surface area contributed by atoms with Crippen molar-refractivity contribution in [2.75, 3.05) is 6.61 Å². The van der Waals surface area contributed by atoms with Gasteiger partial charge < -0.3 is 9.84 Å². The van der Waals surface area contributed by atoms with Crippen LogP contribution in [0, 0.1) is 17.8 Å². The van der Waals surface area contributed by atoms with Gasteiger partial charge in [0.1, 0.15) is 0 Å². The van der Waals surface area contributed by atoms with Crippen molar-refractivity contribution < 1.29 is 9.84 Å². The largest absolute Gasteiger partial charge is 0.368 e. The van der Waals surface area contributed by atoms with Crippen LogP contribution in [0.15, 0.2) is 0 Å². The average molecular weight is 186 g/mol. The van der Waals surface area contributed by atoms with Gasteiger partial charge in [-0.25, -0.2) is 0 Å². The number of hydrogen-bond donors (Lipinski definition) is 1. The molecule has 1 N–H and O–H groups in total. The van der Waals surface area contributed by atoms with Crippen molar-refractivity contribution in [3.63, 3.8) is 0 Å². The summed E-state index contributed by atoms with van der Waals surface area (Å²) >= 11 is 0. The topological polar surface area (TPSA) is 29.5 Å². The van der Waals surface area contributed by atoms with Gasteiger partial charge in [0, 0.05) is 6.61 Å². The Bertz CT molecular complexity index is 145. The van der Waals surface area contributed by atoms with Crippen LogP contribution in [-0.4, -0.2) is 18.0 Å². The molecule has 0 aromatic heterocycles. The van der Waals surface area contributed by atoms with Gasteiger partial charge in [-0.05, 0) is 43.9 Å². The molecule has 1 aliphatic rings. The summed E-state index contributed by atoms with van der Waals surface area (Å²) in [6.07, 6.45) is 3.20. The molecule has 1 saturated carbocycles. The first-order chi connectivity index (χ1) is 6.09. The summed E-state index contributed by atoms with van der Waals surface area (Å²) in [5.41, 5.74) is 0. The maximum absolute atomic E-state index is 8.92. The molecule has 0 aromatic carbocycles. The van der Waals surface area contributed by atoms with Gasteiger partial charge in [0.25, 0.3) is 0 Å². The highest BCUT2D eigenvalue weighted by atomic mass is 16.6. The molecule has 0 amide bonds. The molecule has 13 heavy (non-hydrogen) atoms. The maximum Gasteiger partial charge on any atom is 0.151 e. The first-order valence-electron chi connectivity index (χ1n) is 5.39. The van der Waals surface area contributed by atoms with Crippen molar-refractivity contribution in [3.05, 3.63) is 0 Å². The SMILES string of the molecule is CC1CC(C)C(CCOC(C)O)C1. The summed E-state index contributed by atoms with van der Waals surface area (Å²) in [6.45, 7) is 7.03. The van der Waals surface area contributed by atoms with Gasteiger partial charge in [0.2, 0.25) is 0 Å². The fraction of sp³-hybridized carbons (Fsp3) is 1.00. The van der Waals surface area contributed by atoms with Gasteiger partial charge in [-0.2, -0.15) is 0 Å². The van der Waals surface area contributed by atoms with Crippen LogP contribution in [-0.2, 0) is 4.74 Å². The summed E-state index contributed by atoms with van der Waals surface area (Å²) in [5.74, 6) is 2.54. The zero-order valence-electron chi connectivity index (χ0n) is 8.99. The molecule has 2 nitrogen and oxygen atoms in total. The summed E-state index contributed by atoms with van der Waals surface area (Å²) in [4.78, 5) is 0. The van der Waals surface area contributed by atoms with E-state index in [4.69, 9.17) is 9.84 Å². The minimum absolute atomic E-state index is 0.603. The van der Waals surface area contributed by atoms with E-state index in [1.165, 1.54) is 12.8 Å². The van der Waals surface area contributed by atoms with E-state index in [-0.39, 0.29) is 0 Å². The highest BCUT2D eigenvalue weighted by molar-refractivity contribution is 4.78. The molecule has 1 rings (SSSR count). The van der Waals surface area contributed by atoms with E-state index in [2.05, 4.69) is 13.8 Å². The second-order valence-corrected chi connectivity index (χ2v) is 4.57. The Morgan fingerprint density at radius 1 is 1.38 bits per heavy atom. The molecule has 0 radical (unpaired) electrons. The number of rotatable bonds is 4. The number of aliphatic hydroxyl groups excluding tert-OH is 1. The average Bonchev–Trinajstić information content (AvgIpc) is 2.29. The molecule has 0 saturated heterocycles. The standard InChI is InChI=1S/C11H22O2/c1-8-6-9(2)11(7-8)4-5-13-10(3)12/h8-12H,4-7H2,1-3H3. The fourth-order valence-electron chi connectivity index (χ4n) is 2.46. The normalized spacial score (nSPS) is 36.5. The lowest BCUT2D eigenvalue weighted by molar-refractivity contribution is -0.0889. The highest BCUT2D eigenvalue weighted by Crippen LogP contribution is 2.37. The van der Waals surface area contributed by atoms with Crippen molar-refractivity contribution in [3.8, 4) is 0 Å². The third-order valence-electron chi connectivity index (χ3n) is 3.13. The molecule has 2 heteroatoms. The Kier molecular flexibility index (Phi) is 4.20. The summed E-state index contributed by atoms with van der Waals surface area (Å²) in [7, 11) is 0. The lowest BCUT2D eigenvalue weighted by atomic mass is 9.95. The van der Waals surface area contributed by atoms with E-state index in [9.17, 15) is 0 Å².